The molecule has 2 aromatic rings. The van der Waals surface area contributed by atoms with Crippen LogP contribution in [0.4, 0.5) is 15.4 Å². The van der Waals surface area contributed by atoms with Crippen molar-refractivity contribution in [2.24, 2.45) is 5.73 Å². The molecule has 186 valence electrons. The number of nitrogens with zero attached hydrogens (tertiary/aromatic N) is 4. The van der Waals surface area contributed by atoms with Gasteiger partial charge in [-0.2, -0.15) is 4.98 Å². The van der Waals surface area contributed by atoms with Crippen molar-refractivity contribution in [2.45, 2.75) is 32.3 Å². The van der Waals surface area contributed by atoms with E-state index in [9.17, 15) is 24.0 Å². The van der Waals surface area contributed by atoms with E-state index in [1.807, 2.05) is 0 Å². The zero-order chi connectivity index (χ0) is 25.8. The van der Waals surface area contributed by atoms with E-state index in [2.05, 4.69) is 10.3 Å². The number of nitrogens with two attached hydrogens (primary N) is 1. The van der Waals surface area contributed by atoms with Crippen LogP contribution in [0.25, 0.3) is 5.69 Å². The Balaban J connectivity index is 1.60. The third-order valence-corrected chi connectivity index (χ3v) is 5.66. The number of carbonyl (C=O) groups is 4. The van der Waals surface area contributed by atoms with Gasteiger partial charge in [0.25, 0.3) is 5.91 Å². The monoisotopic (exact) mass is 484 g/mol. The van der Waals surface area contributed by atoms with Crippen LogP contribution in [0.3, 0.4) is 0 Å². The Bertz CT molecular complexity index is 1170. The highest BCUT2D eigenvalue weighted by Gasteiger charge is 2.37. The average Bonchev–Trinajstić information content (AvgIpc) is 2.82. The van der Waals surface area contributed by atoms with E-state index in [1.54, 1.807) is 31.2 Å². The number of benzene rings is 1. The number of piperazine rings is 1. The van der Waals surface area contributed by atoms with Gasteiger partial charge < -0.3 is 25.1 Å². The smallest absolute Gasteiger partial charge is 0.405 e. The van der Waals surface area contributed by atoms with Gasteiger partial charge in [0.15, 0.2) is 5.60 Å². The molecule has 1 unspecified atom stereocenters. The Kier molecular flexibility index (Phi) is 7.52. The Morgan fingerprint density at radius 3 is 2.23 bits per heavy atom. The second-order valence-corrected chi connectivity index (χ2v) is 8.62. The zero-order valence-electron chi connectivity index (χ0n) is 19.8. The Morgan fingerprint density at radius 1 is 1.09 bits per heavy atom. The van der Waals surface area contributed by atoms with Crippen LogP contribution >= 0.6 is 0 Å². The lowest BCUT2D eigenvalue weighted by Gasteiger charge is -2.37. The van der Waals surface area contributed by atoms with Crippen LogP contribution in [0.2, 0.25) is 0 Å². The van der Waals surface area contributed by atoms with E-state index in [0.29, 0.717) is 5.69 Å². The van der Waals surface area contributed by atoms with Crippen LogP contribution in [-0.4, -0.2) is 75.4 Å². The maximum Gasteiger partial charge on any atom is 0.405 e. The van der Waals surface area contributed by atoms with Crippen molar-refractivity contribution in [1.29, 1.82) is 0 Å². The molecule has 1 aliphatic rings. The minimum absolute atomic E-state index is 0.0944. The molecule has 1 saturated heterocycles. The molecule has 1 aromatic heterocycles. The molecule has 1 aliphatic heterocycles. The lowest BCUT2D eigenvalue weighted by atomic mass is 10.0. The second kappa shape index (κ2) is 10.4. The van der Waals surface area contributed by atoms with Crippen molar-refractivity contribution < 1.29 is 23.9 Å². The third-order valence-electron chi connectivity index (χ3n) is 5.66. The first kappa shape index (κ1) is 25.4. The van der Waals surface area contributed by atoms with E-state index < -0.39 is 29.3 Å². The SMILES string of the molecule is CC(C=O)c1ccc(-n2ccc(NC(=O)N3CCN(C(=O)C(C)(C)OC(N)=O)CC3)nc2=O)cc1. The molecule has 0 bridgehead atoms. The molecule has 2 heterocycles. The van der Waals surface area contributed by atoms with Gasteiger partial charge >= 0.3 is 17.8 Å². The first-order valence-corrected chi connectivity index (χ1v) is 11.0. The van der Waals surface area contributed by atoms with Gasteiger partial charge in [-0.1, -0.05) is 19.1 Å². The van der Waals surface area contributed by atoms with Crippen molar-refractivity contribution in [1.82, 2.24) is 19.4 Å². The topological polar surface area (TPSA) is 157 Å². The normalized spacial score (nSPS) is 14.7. The number of hydrogen-bond acceptors (Lipinski definition) is 7. The minimum atomic E-state index is -1.41. The van der Waals surface area contributed by atoms with E-state index >= 15 is 0 Å². The fourth-order valence-corrected chi connectivity index (χ4v) is 3.66. The van der Waals surface area contributed by atoms with Gasteiger partial charge in [-0.25, -0.2) is 14.4 Å². The number of urea groups is 1. The van der Waals surface area contributed by atoms with E-state index in [-0.39, 0.29) is 37.9 Å². The summed E-state index contributed by atoms with van der Waals surface area (Å²) in [7, 11) is 0. The highest BCUT2D eigenvalue weighted by Crippen LogP contribution is 2.17. The molecular formula is C23H28N6O6. The maximum atomic E-state index is 12.6. The van der Waals surface area contributed by atoms with Gasteiger partial charge in [0, 0.05) is 38.3 Å². The van der Waals surface area contributed by atoms with Crippen molar-refractivity contribution in [2.75, 3.05) is 31.5 Å². The van der Waals surface area contributed by atoms with Crippen LogP contribution < -0.4 is 16.7 Å². The Labute approximate surface area is 201 Å². The number of amides is 4. The van der Waals surface area contributed by atoms with Crippen LogP contribution in [0, 0.1) is 0 Å². The fraction of sp³-hybridized carbons (Fsp3) is 0.391. The number of aldehydes is 1. The third kappa shape index (κ3) is 6.02. The molecule has 0 radical (unpaired) electrons. The van der Waals surface area contributed by atoms with Crippen molar-refractivity contribution in [3.05, 3.63) is 52.6 Å². The predicted molar refractivity (Wildman–Crippen MR) is 126 cm³/mol. The lowest BCUT2D eigenvalue weighted by Crippen LogP contribution is -2.56. The molecule has 0 saturated carbocycles. The summed E-state index contributed by atoms with van der Waals surface area (Å²) in [4.78, 5) is 66.6. The number of nitrogens with one attached hydrogen (secondary N) is 1. The molecule has 0 aliphatic carbocycles. The Morgan fingerprint density at radius 2 is 1.69 bits per heavy atom. The quantitative estimate of drug-likeness (QED) is 0.581. The van der Waals surface area contributed by atoms with E-state index in [0.717, 1.165) is 11.8 Å². The summed E-state index contributed by atoms with van der Waals surface area (Å²) in [6.07, 6.45) is 1.30. The largest absolute Gasteiger partial charge is 0.434 e. The number of aromatic nitrogens is 2. The summed E-state index contributed by atoms with van der Waals surface area (Å²) in [5, 5.41) is 2.60. The number of carbonyl (C=O) groups excluding carboxylic acids is 4. The van der Waals surface area contributed by atoms with Crippen molar-refractivity contribution >= 4 is 30.1 Å². The molecule has 4 amide bonds. The second-order valence-electron chi connectivity index (χ2n) is 8.62. The number of anilines is 1. The summed E-state index contributed by atoms with van der Waals surface area (Å²) in [6, 6.07) is 8.01. The number of ether oxygens (including phenoxy) is 1. The molecule has 3 N–H and O–H groups in total. The summed E-state index contributed by atoms with van der Waals surface area (Å²) >= 11 is 0. The summed E-state index contributed by atoms with van der Waals surface area (Å²) in [6.45, 7) is 5.65. The number of rotatable bonds is 6. The lowest BCUT2D eigenvalue weighted by molar-refractivity contribution is -0.149. The molecule has 35 heavy (non-hydrogen) atoms. The summed E-state index contributed by atoms with van der Waals surface area (Å²) < 4.78 is 6.21. The molecule has 12 nitrogen and oxygen atoms in total. The van der Waals surface area contributed by atoms with E-state index in [1.165, 1.54) is 40.5 Å². The van der Waals surface area contributed by atoms with Gasteiger partial charge in [-0.3, -0.25) is 14.7 Å². The highest BCUT2D eigenvalue weighted by atomic mass is 16.6. The van der Waals surface area contributed by atoms with E-state index in [4.69, 9.17) is 10.5 Å². The maximum absolute atomic E-state index is 12.6. The standard InChI is InChI=1S/C23H28N6O6/c1-15(14-30)16-4-6-17(7-5-16)29-9-8-18(26-22(29)34)25-21(33)28-12-10-27(11-13-28)19(31)23(2,3)35-20(24)32/h4-9,14-15H,10-13H2,1-3H3,(H2,24,32)(H,25,26,33,34). The van der Waals surface area contributed by atoms with Crippen molar-refractivity contribution in [3.8, 4) is 5.69 Å². The van der Waals surface area contributed by atoms with Crippen LogP contribution in [0.1, 0.15) is 32.3 Å². The molecule has 1 fully saturated rings. The van der Waals surface area contributed by atoms with Crippen LogP contribution in [0.5, 0.6) is 0 Å². The Hall–Kier alpha value is -4.22. The molecule has 3 rings (SSSR count). The zero-order valence-corrected chi connectivity index (χ0v) is 19.8. The van der Waals surface area contributed by atoms with Gasteiger partial charge in [0.2, 0.25) is 0 Å². The molecule has 12 heteroatoms. The van der Waals surface area contributed by atoms with Gasteiger partial charge in [0.05, 0.1) is 5.69 Å². The van der Waals surface area contributed by atoms with Gasteiger partial charge in [-0.05, 0) is 37.6 Å². The van der Waals surface area contributed by atoms with Gasteiger partial charge in [-0.15, -0.1) is 0 Å². The minimum Gasteiger partial charge on any atom is -0.434 e. The summed E-state index contributed by atoms with van der Waals surface area (Å²) in [5.74, 6) is -0.557. The average molecular weight is 485 g/mol. The highest BCUT2D eigenvalue weighted by molar-refractivity contribution is 5.89. The fourth-order valence-electron chi connectivity index (χ4n) is 3.66. The summed E-state index contributed by atoms with van der Waals surface area (Å²) in [5.41, 5.74) is 4.45. The molecular weight excluding hydrogens is 456 g/mol. The van der Waals surface area contributed by atoms with Gasteiger partial charge in [0.1, 0.15) is 12.1 Å². The molecule has 0 spiro atoms. The van der Waals surface area contributed by atoms with Crippen LogP contribution in [-0.2, 0) is 14.3 Å². The van der Waals surface area contributed by atoms with Crippen molar-refractivity contribution in [3.63, 3.8) is 0 Å². The molecule has 1 atom stereocenters. The van der Waals surface area contributed by atoms with Crippen LogP contribution in [0.15, 0.2) is 41.3 Å². The molecule has 1 aromatic carbocycles. The first-order valence-electron chi connectivity index (χ1n) is 11.0. The predicted octanol–water partition coefficient (Wildman–Crippen LogP) is 1.08. The number of primary amides is 1. The number of hydrogen-bond donors (Lipinski definition) is 2. The first-order chi connectivity index (χ1) is 16.5.